The zero-order valence-electron chi connectivity index (χ0n) is 8.10. The number of hydrogen-bond donors (Lipinski definition) is 0. The van der Waals surface area contributed by atoms with Crippen molar-refractivity contribution in [3.8, 4) is 0 Å². The molecule has 0 aliphatic rings. The van der Waals surface area contributed by atoms with Crippen molar-refractivity contribution < 1.29 is 8.78 Å². The molecule has 1 rings (SSSR count). The minimum atomic E-state index is -2.82. The summed E-state index contributed by atoms with van der Waals surface area (Å²) >= 11 is 3.16. The highest BCUT2D eigenvalue weighted by atomic mass is 79.9. The first-order chi connectivity index (χ1) is 6.42. The van der Waals surface area contributed by atoms with Crippen LogP contribution in [0.25, 0.3) is 0 Å². The summed E-state index contributed by atoms with van der Waals surface area (Å²) in [6, 6.07) is 2.93. The lowest BCUT2D eigenvalue weighted by atomic mass is 10.0. The van der Waals surface area contributed by atoms with Gasteiger partial charge in [-0.15, -0.1) is 0 Å². The van der Waals surface area contributed by atoms with E-state index in [9.17, 15) is 8.78 Å². The van der Waals surface area contributed by atoms with Crippen LogP contribution >= 0.6 is 15.9 Å². The average molecular weight is 264 g/mol. The molecule has 1 aromatic heterocycles. The highest BCUT2D eigenvalue weighted by molar-refractivity contribution is 9.10. The molecule has 1 aromatic rings. The van der Waals surface area contributed by atoms with Crippen LogP contribution in [0.2, 0.25) is 0 Å². The van der Waals surface area contributed by atoms with Gasteiger partial charge in [0.05, 0.1) is 0 Å². The van der Waals surface area contributed by atoms with Crippen LogP contribution in [-0.2, 0) is 5.92 Å². The predicted molar refractivity (Wildman–Crippen MR) is 55.3 cm³/mol. The molecule has 78 valence electrons. The van der Waals surface area contributed by atoms with Gasteiger partial charge in [-0.3, -0.25) is 4.98 Å². The molecule has 0 saturated heterocycles. The fraction of sp³-hybridized carbons (Fsp3) is 0.500. The lowest BCUT2D eigenvalue weighted by Gasteiger charge is -2.17. The predicted octanol–water partition coefficient (Wildman–Crippen LogP) is 3.98. The molecule has 1 heterocycles. The molecule has 1 nitrogen and oxygen atoms in total. The van der Waals surface area contributed by atoms with Gasteiger partial charge in [0.15, 0.2) is 0 Å². The minimum Gasteiger partial charge on any atom is -0.254 e. The Labute approximate surface area is 90.7 Å². The molecule has 0 atom stereocenters. The summed E-state index contributed by atoms with van der Waals surface area (Å²) in [6.45, 7) is 3.54. The molecule has 0 N–H and O–H groups in total. The van der Waals surface area contributed by atoms with E-state index in [0.29, 0.717) is 4.47 Å². The number of halogens is 3. The van der Waals surface area contributed by atoms with Crippen molar-refractivity contribution in [2.24, 2.45) is 5.92 Å². The molecule has 0 aliphatic carbocycles. The minimum absolute atomic E-state index is 0.0459. The molecule has 0 amide bonds. The van der Waals surface area contributed by atoms with Gasteiger partial charge in [0.25, 0.3) is 5.92 Å². The third-order valence-corrected chi connectivity index (χ3v) is 2.24. The first-order valence-electron chi connectivity index (χ1n) is 4.41. The Bertz CT molecular complexity index is 295. The average Bonchev–Trinajstić information content (AvgIpc) is 2.02. The standard InChI is InChI=1S/C10H12BrF2N/c1-7(2)5-10(12,13)9-4-3-8(11)6-14-9/h3-4,6-7H,5H2,1-2H3. The smallest absolute Gasteiger partial charge is 0.254 e. The maximum absolute atomic E-state index is 13.5. The van der Waals surface area contributed by atoms with Gasteiger partial charge in [-0.25, -0.2) is 0 Å². The summed E-state index contributed by atoms with van der Waals surface area (Å²) in [5, 5.41) is 0. The van der Waals surface area contributed by atoms with E-state index in [1.165, 1.54) is 12.3 Å². The van der Waals surface area contributed by atoms with E-state index < -0.39 is 5.92 Å². The fourth-order valence-corrected chi connectivity index (χ4v) is 1.44. The van der Waals surface area contributed by atoms with Crippen LogP contribution in [0.4, 0.5) is 8.78 Å². The Morgan fingerprint density at radius 2 is 2.07 bits per heavy atom. The second kappa shape index (κ2) is 4.34. The van der Waals surface area contributed by atoms with Crippen LogP contribution in [0.5, 0.6) is 0 Å². The van der Waals surface area contributed by atoms with Crippen LogP contribution < -0.4 is 0 Å². The summed E-state index contributed by atoms with van der Waals surface area (Å²) in [7, 11) is 0. The number of aromatic nitrogens is 1. The lowest BCUT2D eigenvalue weighted by molar-refractivity contribution is -0.0291. The molecule has 0 unspecified atom stereocenters. The van der Waals surface area contributed by atoms with Crippen LogP contribution in [0, 0.1) is 5.92 Å². The summed E-state index contributed by atoms with van der Waals surface area (Å²) in [6.07, 6.45) is 1.23. The van der Waals surface area contributed by atoms with Gasteiger partial charge in [-0.2, -0.15) is 8.78 Å². The van der Waals surface area contributed by atoms with Gasteiger partial charge in [0.2, 0.25) is 0 Å². The van der Waals surface area contributed by atoms with E-state index in [1.54, 1.807) is 19.9 Å². The Morgan fingerprint density at radius 1 is 1.43 bits per heavy atom. The molecule has 0 aliphatic heterocycles. The molecule has 0 saturated carbocycles. The highest BCUT2D eigenvalue weighted by Crippen LogP contribution is 2.33. The number of pyridine rings is 1. The number of alkyl halides is 2. The summed E-state index contributed by atoms with van der Waals surface area (Å²) in [5.74, 6) is -2.87. The van der Waals surface area contributed by atoms with Gasteiger partial charge in [-0.1, -0.05) is 13.8 Å². The van der Waals surface area contributed by atoms with Crippen molar-refractivity contribution in [2.75, 3.05) is 0 Å². The number of hydrogen-bond acceptors (Lipinski definition) is 1. The van der Waals surface area contributed by atoms with Crippen molar-refractivity contribution >= 4 is 15.9 Å². The molecular formula is C10H12BrF2N. The molecule has 14 heavy (non-hydrogen) atoms. The largest absolute Gasteiger partial charge is 0.289 e. The highest BCUT2D eigenvalue weighted by Gasteiger charge is 2.33. The quantitative estimate of drug-likeness (QED) is 0.804. The van der Waals surface area contributed by atoms with Crippen LogP contribution in [0.1, 0.15) is 26.0 Å². The van der Waals surface area contributed by atoms with Crippen molar-refractivity contribution in [3.63, 3.8) is 0 Å². The first kappa shape index (κ1) is 11.6. The Balaban J connectivity index is 2.86. The monoisotopic (exact) mass is 263 g/mol. The van der Waals surface area contributed by atoms with E-state index >= 15 is 0 Å². The van der Waals surface area contributed by atoms with E-state index in [4.69, 9.17) is 0 Å². The second-order valence-electron chi connectivity index (χ2n) is 3.66. The molecule has 0 aromatic carbocycles. The number of nitrogens with zero attached hydrogens (tertiary/aromatic N) is 1. The Kier molecular flexibility index (Phi) is 3.59. The summed E-state index contributed by atoms with van der Waals surface area (Å²) in [5.41, 5.74) is -0.158. The summed E-state index contributed by atoms with van der Waals surface area (Å²) < 4.78 is 27.6. The third-order valence-electron chi connectivity index (χ3n) is 1.77. The van der Waals surface area contributed by atoms with Crippen LogP contribution in [0.15, 0.2) is 22.8 Å². The maximum atomic E-state index is 13.5. The van der Waals surface area contributed by atoms with Gasteiger partial charge in [0, 0.05) is 17.1 Å². The van der Waals surface area contributed by atoms with Gasteiger partial charge < -0.3 is 0 Å². The lowest BCUT2D eigenvalue weighted by Crippen LogP contribution is -2.17. The van der Waals surface area contributed by atoms with Crippen LogP contribution in [-0.4, -0.2) is 4.98 Å². The molecular weight excluding hydrogens is 252 g/mol. The van der Waals surface area contributed by atoms with Gasteiger partial charge >= 0.3 is 0 Å². The van der Waals surface area contributed by atoms with E-state index in [-0.39, 0.29) is 18.0 Å². The number of rotatable bonds is 3. The zero-order chi connectivity index (χ0) is 10.8. The Morgan fingerprint density at radius 3 is 2.50 bits per heavy atom. The first-order valence-corrected chi connectivity index (χ1v) is 5.21. The molecule has 0 fully saturated rings. The Hall–Kier alpha value is -0.510. The van der Waals surface area contributed by atoms with Crippen molar-refractivity contribution in [1.82, 2.24) is 4.98 Å². The molecule has 4 heteroatoms. The van der Waals surface area contributed by atoms with Crippen LogP contribution in [0.3, 0.4) is 0 Å². The molecule has 0 bridgehead atoms. The van der Waals surface area contributed by atoms with E-state index in [1.807, 2.05) is 0 Å². The van der Waals surface area contributed by atoms with Gasteiger partial charge in [0.1, 0.15) is 5.69 Å². The zero-order valence-corrected chi connectivity index (χ0v) is 9.68. The van der Waals surface area contributed by atoms with Crippen molar-refractivity contribution in [1.29, 1.82) is 0 Å². The van der Waals surface area contributed by atoms with E-state index in [0.717, 1.165) is 0 Å². The SMILES string of the molecule is CC(C)CC(F)(F)c1ccc(Br)cn1. The molecule has 0 radical (unpaired) electrons. The normalized spacial score (nSPS) is 12.1. The maximum Gasteiger partial charge on any atom is 0.289 e. The summed E-state index contributed by atoms with van der Waals surface area (Å²) in [4.78, 5) is 3.71. The van der Waals surface area contributed by atoms with Crippen molar-refractivity contribution in [3.05, 3.63) is 28.5 Å². The van der Waals surface area contributed by atoms with E-state index in [2.05, 4.69) is 20.9 Å². The van der Waals surface area contributed by atoms with Gasteiger partial charge in [-0.05, 0) is 34.0 Å². The topological polar surface area (TPSA) is 12.9 Å². The van der Waals surface area contributed by atoms with Crippen molar-refractivity contribution in [2.45, 2.75) is 26.2 Å². The second-order valence-corrected chi connectivity index (χ2v) is 4.58. The molecule has 0 spiro atoms. The third kappa shape index (κ3) is 3.01. The fourth-order valence-electron chi connectivity index (χ4n) is 1.21.